The van der Waals surface area contributed by atoms with Gasteiger partial charge in [0.15, 0.2) is 0 Å². The molecule has 0 radical (unpaired) electrons. The van der Waals surface area contributed by atoms with Gasteiger partial charge in [-0.3, -0.25) is 4.98 Å². The first-order valence-electron chi connectivity index (χ1n) is 11.7. The lowest BCUT2D eigenvalue weighted by Crippen LogP contribution is -2.52. The first-order valence-corrected chi connectivity index (χ1v) is 12.1. The van der Waals surface area contributed by atoms with Crippen molar-refractivity contribution in [1.29, 1.82) is 0 Å². The maximum absolute atomic E-state index is 14.4. The summed E-state index contributed by atoms with van der Waals surface area (Å²) in [6.07, 6.45) is 1.86. The second kappa shape index (κ2) is 10.9. The molecule has 1 fully saturated rings. The molecule has 7 nitrogen and oxygen atoms in total. The van der Waals surface area contributed by atoms with E-state index in [0.29, 0.717) is 29.0 Å². The highest BCUT2D eigenvalue weighted by atomic mass is 35.5. The van der Waals surface area contributed by atoms with Crippen molar-refractivity contribution in [2.45, 2.75) is 18.5 Å². The van der Waals surface area contributed by atoms with Crippen molar-refractivity contribution < 1.29 is 18.3 Å². The molecule has 0 amide bonds. The van der Waals surface area contributed by atoms with Crippen molar-refractivity contribution in [3.63, 3.8) is 0 Å². The Hall–Kier alpha value is -3.47. The minimum atomic E-state index is -2.89. The number of rotatable bonds is 7. The predicted molar refractivity (Wildman–Crippen MR) is 138 cm³/mol. The van der Waals surface area contributed by atoms with E-state index < -0.39 is 18.3 Å². The lowest BCUT2D eigenvalue weighted by molar-refractivity contribution is 0.123. The molecule has 11 heteroatoms. The average Bonchev–Trinajstić information content (AvgIpc) is 2.93. The zero-order valence-corrected chi connectivity index (χ0v) is 20.3. The fourth-order valence-electron chi connectivity index (χ4n) is 4.42. The van der Waals surface area contributed by atoms with Gasteiger partial charge in [-0.1, -0.05) is 35.9 Å². The van der Waals surface area contributed by atoms with Crippen molar-refractivity contribution >= 4 is 34.1 Å². The van der Waals surface area contributed by atoms with Crippen LogP contribution < -0.4 is 15.5 Å². The summed E-state index contributed by atoms with van der Waals surface area (Å²) in [6.45, 7) is 2.07. The fraction of sp³-hybridized carbons (Fsp3) is 0.269. The standard InChI is InChI=1S/C26H24ClF3N6O/c27-20-12-32-22-6-5-15(16-10-33-26(34-11-16)36-8-7-31-17(13-36)14-37)9-19(22)23(20)35-24(25(29)30)18-3-1-2-4-21(18)28/h1-6,9-12,17,24-25,31,37H,7-8,13-14H2,(H,32,35)/t17-,24-/m0/s1. The van der Waals surface area contributed by atoms with Gasteiger partial charge in [-0.25, -0.2) is 23.1 Å². The molecule has 0 spiro atoms. The number of anilines is 2. The number of benzene rings is 2. The van der Waals surface area contributed by atoms with E-state index in [-0.39, 0.29) is 28.9 Å². The van der Waals surface area contributed by atoms with Gasteiger partial charge >= 0.3 is 0 Å². The summed E-state index contributed by atoms with van der Waals surface area (Å²) in [5, 5.41) is 16.1. The summed E-state index contributed by atoms with van der Waals surface area (Å²) < 4.78 is 42.4. The van der Waals surface area contributed by atoms with E-state index in [2.05, 4.69) is 25.6 Å². The molecule has 0 aliphatic carbocycles. The Bertz CT molecular complexity index is 1390. The molecule has 0 bridgehead atoms. The highest BCUT2D eigenvalue weighted by Gasteiger charge is 2.27. The zero-order valence-electron chi connectivity index (χ0n) is 19.6. The Labute approximate surface area is 216 Å². The highest BCUT2D eigenvalue weighted by molar-refractivity contribution is 6.34. The molecule has 192 valence electrons. The number of fused-ring (bicyclic) bond motifs is 1. The lowest BCUT2D eigenvalue weighted by atomic mass is 10.0. The van der Waals surface area contributed by atoms with E-state index >= 15 is 0 Å². The van der Waals surface area contributed by atoms with Crippen molar-refractivity contribution in [2.75, 3.05) is 36.5 Å². The molecule has 3 heterocycles. The number of nitrogens with one attached hydrogen (secondary N) is 2. The SMILES string of the molecule is OC[C@@H]1CN(c2ncc(-c3ccc4ncc(Cl)c(N[C@@H](c5ccccc5F)C(F)F)c4c3)cn2)CCN1. The summed E-state index contributed by atoms with van der Waals surface area (Å²) in [5.41, 5.74) is 2.06. The Morgan fingerprint density at radius 1 is 1.08 bits per heavy atom. The van der Waals surface area contributed by atoms with E-state index in [9.17, 15) is 18.3 Å². The molecule has 3 N–H and O–H groups in total. The number of alkyl halides is 2. The highest BCUT2D eigenvalue weighted by Crippen LogP contribution is 2.37. The van der Waals surface area contributed by atoms with E-state index in [1.54, 1.807) is 24.5 Å². The van der Waals surface area contributed by atoms with Crippen LogP contribution in [0.1, 0.15) is 11.6 Å². The Morgan fingerprint density at radius 2 is 1.86 bits per heavy atom. The van der Waals surface area contributed by atoms with Crippen LogP contribution in [0.4, 0.5) is 24.8 Å². The van der Waals surface area contributed by atoms with Gasteiger partial charge in [-0.2, -0.15) is 0 Å². The zero-order chi connectivity index (χ0) is 25.9. The molecule has 4 aromatic rings. The van der Waals surface area contributed by atoms with E-state index in [1.165, 1.54) is 24.4 Å². The third kappa shape index (κ3) is 5.31. The Balaban J connectivity index is 1.48. The quantitative estimate of drug-likeness (QED) is 0.321. The smallest absolute Gasteiger partial charge is 0.262 e. The normalized spacial score (nSPS) is 16.8. The van der Waals surface area contributed by atoms with Gasteiger partial charge in [0.25, 0.3) is 6.43 Å². The number of piperazine rings is 1. The molecule has 5 rings (SSSR count). The molecule has 37 heavy (non-hydrogen) atoms. The van der Waals surface area contributed by atoms with Gasteiger partial charge in [0.2, 0.25) is 5.95 Å². The number of aromatic nitrogens is 3. The number of aliphatic hydroxyl groups excluding tert-OH is 1. The van der Waals surface area contributed by atoms with E-state index in [0.717, 1.165) is 24.7 Å². The summed E-state index contributed by atoms with van der Waals surface area (Å²) in [4.78, 5) is 15.3. The number of hydrogen-bond donors (Lipinski definition) is 3. The topological polar surface area (TPSA) is 86.2 Å². The van der Waals surface area contributed by atoms with Crippen LogP contribution >= 0.6 is 11.6 Å². The van der Waals surface area contributed by atoms with Crippen molar-refractivity contribution in [2.24, 2.45) is 0 Å². The number of pyridine rings is 1. The lowest BCUT2D eigenvalue weighted by Gasteiger charge is -2.32. The van der Waals surface area contributed by atoms with Crippen molar-refractivity contribution in [1.82, 2.24) is 20.3 Å². The van der Waals surface area contributed by atoms with Gasteiger partial charge in [0.1, 0.15) is 11.9 Å². The van der Waals surface area contributed by atoms with Crippen LogP contribution in [0.2, 0.25) is 5.02 Å². The average molecular weight is 529 g/mol. The Morgan fingerprint density at radius 3 is 2.59 bits per heavy atom. The minimum absolute atomic E-state index is 0.0297. The number of hydrogen-bond acceptors (Lipinski definition) is 7. The van der Waals surface area contributed by atoms with Crippen LogP contribution in [-0.4, -0.2) is 58.8 Å². The Kier molecular flexibility index (Phi) is 7.40. The molecular formula is C26H24ClF3N6O. The summed E-state index contributed by atoms with van der Waals surface area (Å²) >= 11 is 6.39. The van der Waals surface area contributed by atoms with Crippen LogP contribution in [-0.2, 0) is 0 Å². The van der Waals surface area contributed by atoms with Gasteiger partial charge < -0.3 is 20.6 Å². The fourth-order valence-corrected chi connectivity index (χ4v) is 4.62. The first-order chi connectivity index (χ1) is 17.9. The number of halogens is 4. The number of aliphatic hydroxyl groups is 1. The molecular weight excluding hydrogens is 505 g/mol. The predicted octanol–water partition coefficient (Wildman–Crippen LogP) is 4.67. The third-order valence-corrected chi connectivity index (χ3v) is 6.63. The molecule has 0 unspecified atom stereocenters. The second-order valence-electron chi connectivity index (χ2n) is 8.74. The second-order valence-corrected chi connectivity index (χ2v) is 9.15. The molecule has 1 saturated heterocycles. The van der Waals surface area contributed by atoms with Crippen molar-refractivity contribution in [3.8, 4) is 11.1 Å². The van der Waals surface area contributed by atoms with Crippen LogP contribution in [0, 0.1) is 5.82 Å². The van der Waals surface area contributed by atoms with Gasteiger partial charge in [0, 0.05) is 60.8 Å². The molecule has 2 aromatic carbocycles. The summed E-state index contributed by atoms with van der Waals surface area (Å²) in [7, 11) is 0. The van der Waals surface area contributed by atoms with E-state index in [4.69, 9.17) is 11.6 Å². The summed E-state index contributed by atoms with van der Waals surface area (Å²) in [5.74, 6) is -0.177. The maximum atomic E-state index is 14.4. The monoisotopic (exact) mass is 528 g/mol. The third-order valence-electron chi connectivity index (χ3n) is 6.34. The number of nitrogens with zero attached hydrogens (tertiary/aromatic N) is 4. The molecule has 1 aliphatic heterocycles. The molecule has 2 atom stereocenters. The molecule has 1 aliphatic rings. The van der Waals surface area contributed by atoms with E-state index in [1.807, 2.05) is 11.0 Å². The molecule has 2 aromatic heterocycles. The molecule has 0 saturated carbocycles. The maximum Gasteiger partial charge on any atom is 0.262 e. The van der Waals surface area contributed by atoms with Crippen LogP contribution in [0.3, 0.4) is 0 Å². The van der Waals surface area contributed by atoms with Gasteiger partial charge in [-0.15, -0.1) is 0 Å². The van der Waals surface area contributed by atoms with Gasteiger partial charge in [-0.05, 0) is 23.8 Å². The first kappa shape index (κ1) is 25.2. The largest absolute Gasteiger partial charge is 0.395 e. The van der Waals surface area contributed by atoms with Crippen LogP contribution in [0.25, 0.3) is 22.0 Å². The van der Waals surface area contributed by atoms with Crippen LogP contribution in [0.5, 0.6) is 0 Å². The summed E-state index contributed by atoms with van der Waals surface area (Å²) in [6, 6.07) is 9.12. The van der Waals surface area contributed by atoms with Crippen LogP contribution in [0.15, 0.2) is 61.1 Å². The van der Waals surface area contributed by atoms with Gasteiger partial charge in [0.05, 0.1) is 22.8 Å². The minimum Gasteiger partial charge on any atom is -0.395 e. The van der Waals surface area contributed by atoms with Crippen molar-refractivity contribution in [3.05, 3.63) is 77.5 Å².